The van der Waals surface area contributed by atoms with Crippen LogP contribution in [0, 0.1) is 0 Å². The Hall–Kier alpha value is -2.31. The predicted molar refractivity (Wildman–Crippen MR) is 172 cm³/mol. The van der Waals surface area contributed by atoms with Gasteiger partial charge in [-0.1, -0.05) is 0 Å². The molecule has 0 saturated carbocycles. The van der Waals surface area contributed by atoms with Crippen molar-refractivity contribution in [1.29, 1.82) is 0 Å². The molecule has 4 aromatic carbocycles. The van der Waals surface area contributed by atoms with E-state index in [2.05, 4.69) is 145 Å². The van der Waals surface area contributed by atoms with Crippen molar-refractivity contribution in [1.82, 2.24) is 0 Å². The summed E-state index contributed by atoms with van der Waals surface area (Å²) in [6.07, 6.45) is 10.3. The van der Waals surface area contributed by atoms with Crippen LogP contribution in [-0.4, -0.2) is 4.21 Å². The van der Waals surface area contributed by atoms with Crippen molar-refractivity contribution in [2.24, 2.45) is 0 Å². The monoisotopic (exact) mass is 668 g/mol. The molecule has 0 N–H and O–H groups in total. The van der Waals surface area contributed by atoms with E-state index in [1.54, 1.807) is 8.83 Å². The standard InChI is InChI=1S/C33H33.C5H5.CH2.2ClH.Zr/c1-32(2,3)30-20-26-24(18-28(30)22-13-9-7-10-14-22)17-25-19-29(23-15-11-8-12-16-23)31(21-27(25)26)33(4,5)6;1-2-4-5-3-1;;;;/h7-16,18,20-21H,17H2,1-6H3;1-5H;1H2;2*1H;/q;;;;;+2/p-2. The van der Waals surface area contributed by atoms with Gasteiger partial charge in [0.1, 0.15) is 0 Å². The third kappa shape index (κ3) is 5.91. The van der Waals surface area contributed by atoms with E-state index in [0.29, 0.717) is 3.63 Å². The Bertz CT molecular complexity index is 1670. The number of fused-ring (bicyclic) bond motifs is 3. The van der Waals surface area contributed by atoms with Gasteiger partial charge in [-0.3, -0.25) is 0 Å². The number of hydrogen-bond donors (Lipinski definition) is 0. The first kappa shape index (κ1) is 32.6. The molecule has 2 aliphatic carbocycles. The van der Waals surface area contributed by atoms with E-state index in [0.717, 1.165) is 6.42 Å². The van der Waals surface area contributed by atoms with Crippen molar-refractivity contribution < 1.29 is 46.1 Å². The minimum absolute atomic E-state index is 0. The topological polar surface area (TPSA) is 0 Å². The fourth-order valence-corrected chi connectivity index (χ4v) is 12.0. The zero-order valence-electron chi connectivity index (χ0n) is 25.6. The van der Waals surface area contributed by atoms with Crippen molar-refractivity contribution in [2.75, 3.05) is 0 Å². The summed E-state index contributed by atoms with van der Waals surface area (Å²) in [4.78, 5) is 0. The quantitative estimate of drug-likeness (QED) is 0.273. The van der Waals surface area contributed by atoms with Gasteiger partial charge in [-0.2, -0.15) is 0 Å². The number of rotatable bonds is 4. The first-order valence-electron chi connectivity index (χ1n) is 14.6. The van der Waals surface area contributed by atoms with Crippen molar-refractivity contribution >= 4 is 7.48 Å². The third-order valence-corrected chi connectivity index (χ3v) is 14.4. The average molecular weight is 671 g/mol. The number of benzene rings is 4. The van der Waals surface area contributed by atoms with Crippen molar-refractivity contribution in [3.8, 4) is 33.4 Å². The minimum atomic E-state index is -2.38. The molecule has 2 aliphatic rings. The molecule has 0 aliphatic heterocycles. The first-order valence-corrected chi connectivity index (χ1v) is 19.0. The summed E-state index contributed by atoms with van der Waals surface area (Å²) >= 11 is -2.38. The molecule has 0 amide bonds. The van der Waals surface area contributed by atoms with E-state index in [9.17, 15) is 0 Å². The Morgan fingerprint density at radius 2 is 1.17 bits per heavy atom. The molecule has 0 fully saturated rings. The van der Waals surface area contributed by atoms with Gasteiger partial charge >= 0.3 is 250 Å². The normalized spacial score (nSPS) is 13.5. The molecule has 0 spiro atoms. The van der Waals surface area contributed by atoms with Crippen LogP contribution in [0.1, 0.15) is 63.8 Å². The van der Waals surface area contributed by atoms with E-state index >= 15 is 0 Å². The second-order valence-corrected chi connectivity index (χ2v) is 18.9. The SMILES string of the molecule is [CH2]=[Zr+2]([c]1c2c(cc(C(C)(C)C)c1-c1ccccc1)-c1cc(C(C)(C)C)c(-c3ccccc3)cc1C2)[CH]1C=CC=C1.[Cl-].[Cl-]. The van der Waals surface area contributed by atoms with Gasteiger partial charge in [0, 0.05) is 0 Å². The van der Waals surface area contributed by atoms with Crippen molar-refractivity contribution in [2.45, 2.75) is 62.4 Å². The van der Waals surface area contributed by atoms with E-state index in [1.807, 2.05) is 0 Å². The molecule has 0 aromatic heterocycles. The summed E-state index contributed by atoms with van der Waals surface area (Å²) in [6.45, 7) is 14.2. The summed E-state index contributed by atoms with van der Waals surface area (Å²) in [5.74, 6) is 0. The summed E-state index contributed by atoms with van der Waals surface area (Å²) in [7, 11) is 0. The molecule has 0 bridgehead atoms. The van der Waals surface area contributed by atoms with Gasteiger partial charge in [-0.05, 0) is 0 Å². The molecule has 0 heterocycles. The molecule has 4 aromatic rings. The maximum absolute atomic E-state index is 5.06. The second kappa shape index (κ2) is 12.4. The Labute approximate surface area is 273 Å². The van der Waals surface area contributed by atoms with Gasteiger partial charge in [0.05, 0.1) is 0 Å². The van der Waals surface area contributed by atoms with Crippen LogP contribution in [-0.2, 0) is 38.5 Å². The molecule has 42 heavy (non-hydrogen) atoms. The Kier molecular flexibility index (Phi) is 9.59. The predicted octanol–water partition coefficient (Wildman–Crippen LogP) is 3.78. The molecule has 0 atom stereocenters. The van der Waals surface area contributed by atoms with Crippen molar-refractivity contribution in [3.05, 3.63) is 125 Å². The van der Waals surface area contributed by atoms with E-state index < -0.39 is 21.3 Å². The van der Waals surface area contributed by atoms with Crippen LogP contribution in [0.15, 0.2) is 103 Å². The Morgan fingerprint density at radius 3 is 1.71 bits per heavy atom. The minimum Gasteiger partial charge on any atom is -1.00 e. The van der Waals surface area contributed by atoms with E-state index in [1.165, 1.54) is 50.1 Å². The summed E-state index contributed by atoms with van der Waals surface area (Å²) in [5.41, 5.74) is 14.3. The van der Waals surface area contributed by atoms with Crippen LogP contribution < -0.4 is 28.1 Å². The van der Waals surface area contributed by atoms with Crippen LogP contribution in [0.5, 0.6) is 0 Å². The number of allylic oxidation sites excluding steroid dienone is 4. The molecule has 6 rings (SSSR count). The van der Waals surface area contributed by atoms with Crippen LogP contribution in [0.3, 0.4) is 0 Å². The third-order valence-electron chi connectivity index (χ3n) is 8.57. The summed E-state index contributed by atoms with van der Waals surface area (Å²) < 4.78 is 7.17. The van der Waals surface area contributed by atoms with E-state index in [-0.39, 0.29) is 35.6 Å². The molecule has 0 saturated heterocycles. The second-order valence-electron chi connectivity index (χ2n) is 13.5. The molecular formula is C39H40Cl2Zr. The molecule has 0 radical (unpaired) electrons. The van der Waals surface area contributed by atoms with E-state index in [4.69, 9.17) is 4.21 Å². The maximum atomic E-state index is 5.06. The van der Waals surface area contributed by atoms with Crippen LogP contribution in [0.4, 0.5) is 0 Å². The first-order chi connectivity index (χ1) is 19.0. The fraction of sp³-hybridized carbons (Fsp3) is 0.256. The van der Waals surface area contributed by atoms with Gasteiger partial charge in [0.2, 0.25) is 0 Å². The molecule has 214 valence electrons. The zero-order valence-corrected chi connectivity index (χ0v) is 29.5. The average Bonchev–Trinajstić information content (AvgIpc) is 3.59. The van der Waals surface area contributed by atoms with Crippen molar-refractivity contribution in [3.63, 3.8) is 0 Å². The van der Waals surface area contributed by atoms with Gasteiger partial charge in [0.25, 0.3) is 0 Å². The zero-order chi connectivity index (χ0) is 28.2. The van der Waals surface area contributed by atoms with Crippen LogP contribution >= 0.6 is 0 Å². The van der Waals surface area contributed by atoms with Gasteiger partial charge < -0.3 is 24.8 Å². The Balaban J connectivity index is 0.00000202. The summed E-state index contributed by atoms with van der Waals surface area (Å²) in [6, 6.07) is 29.7. The number of hydrogen-bond acceptors (Lipinski definition) is 0. The largest absolute Gasteiger partial charge is 1.00 e. The molecule has 3 heteroatoms. The molecule has 0 nitrogen and oxygen atoms in total. The van der Waals surface area contributed by atoms with Gasteiger partial charge in [-0.25, -0.2) is 0 Å². The molecule has 0 unspecified atom stereocenters. The van der Waals surface area contributed by atoms with Crippen LogP contribution in [0.25, 0.3) is 33.4 Å². The molecular weight excluding hydrogens is 631 g/mol. The summed E-state index contributed by atoms with van der Waals surface area (Å²) in [5, 5.41) is 0. The van der Waals surface area contributed by atoms with Crippen LogP contribution in [0.2, 0.25) is 3.63 Å². The van der Waals surface area contributed by atoms with Gasteiger partial charge in [0.15, 0.2) is 0 Å². The number of halogens is 2. The smallest absolute Gasteiger partial charge is 1.00 e. The van der Waals surface area contributed by atoms with Gasteiger partial charge in [-0.15, -0.1) is 0 Å². The maximum Gasteiger partial charge on any atom is -1.00 e. The Morgan fingerprint density at radius 1 is 0.643 bits per heavy atom. The fourth-order valence-electron chi connectivity index (χ4n) is 6.54.